The number of nitrogens with zero attached hydrogens (tertiary/aromatic N) is 4. The third-order valence-corrected chi connectivity index (χ3v) is 3.93. The molecular formula is C20H16N4O. The van der Waals surface area contributed by atoms with E-state index in [9.17, 15) is 10.1 Å². The van der Waals surface area contributed by atoms with E-state index in [0.29, 0.717) is 12.2 Å². The smallest absolute Gasteiger partial charge is 0.289 e. The molecule has 0 radical (unpaired) electrons. The van der Waals surface area contributed by atoms with Crippen LogP contribution in [0.3, 0.4) is 0 Å². The molecule has 0 fully saturated rings. The summed E-state index contributed by atoms with van der Waals surface area (Å²) >= 11 is 0. The van der Waals surface area contributed by atoms with Gasteiger partial charge in [0.2, 0.25) is 0 Å². The molecule has 0 aliphatic heterocycles. The van der Waals surface area contributed by atoms with E-state index >= 15 is 0 Å². The molecule has 0 spiro atoms. The van der Waals surface area contributed by atoms with Crippen LogP contribution in [0.2, 0.25) is 0 Å². The van der Waals surface area contributed by atoms with E-state index in [1.54, 1.807) is 26.0 Å². The fourth-order valence-corrected chi connectivity index (χ4v) is 2.87. The van der Waals surface area contributed by atoms with E-state index in [4.69, 9.17) is 6.42 Å². The number of carbonyl (C=O) groups is 1. The lowest BCUT2D eigenvalue weighted by molar-refractivity contribution is 0.0944. The van der Waals surface area contributed by atoms with Crippen molar-refractivity contribution in [3.63, 3.8) is 0 Å². The van der Waals surface area contributed by atoms with E-state index < -0.39 is 5.91 Å². The molecule has 0 amide bonds. The number of para-hydroxylation sites is 1. The summed E-state index contributed by atoms with van der Waals surface area (Å²) in [7, 11) is 0. The van der Waals surface area contributed by atoms with Gasteiger partial charge in [-0.15, -0.1) is 6.42 Å². The van der Waals surface area contributed by atoms with Crippen LogP contribution in [0.4, 0.5) is 0 Å². The van der Waals surface area contributed by atoms with Crippen LogP contribution in [0, 0.1) is 37.5 Å². The molecule has 0 bridgehead atoms. The minimum absolute atomic E-state index is 0.0230. The van der Waals surface area contributed by atoms with Gasteiger partial charge in [-0.2, -0.15) is 10.4 Å². The van der Waals surface area contributed by atoms with Crippen LogP contribution < -0.4 is 0 Å². The first-order valence-electron chi connectivity index (χ1n) is 7.76. The molecule has 122 valence electrons. The monoisotopic (exact) mass is 328 g/mol. The summed E-state index contributed by atoms with van der Waals surface area (Å²) in [5.74, 6) is 2.17. The Morgan fingerprint density at radius 2 is 2.12 bits per heavy atom. The summed E-state index contributed by atoms with van der Waals surface area (Å²) in [6, 6.07) is 11.5. The van der Waals surface area contributed by atoms with Crippen molar-refractivity contribution in [3.8, 4) is 18.4 Å². The molecule has 0 N–H and O–H groups in total. The zero-order valence-corrected chi connectivity index (χ0v) is 14.0. The Kier molecular flexibility index (Phi) is 4.24. The van der Waals surface area contributed by atoms with Gasteiger partial charge in [-0.1, -0.05) is 24.1 Å². The predicted octanol–water partition coefficient (Wildman–Crippen LogP) is 3.34. The molecule has 2 heterocycles. The van der Waals surface area contributed by atoms with Crippen LogP contribution in [0.15, 0.2) is 42.1 Å². The molecule has 0 saturated carbocycles. The summed E-state index contributed by atoms with van der Waals surface area (Å²) < 4.78 is 3.18. The molecule has 2 aromatic heterocycles. The Hall–Kier alpha value is -3.57. The molecule has 0 aliphatic carbocycles. The number of allylic oxidation sites excluding steroid dienone is 1. The van der Waals surface area contributed by atoms with Gasteiger partial charge in [0, 0.05) is 28.4 Å². The molecule has 5 heteroatoms. The molecule has 0 aliphatic rings. The van der Waals surface area contributed by atoms with Gasteiger partial charge >= 0.3 is 0 Å². The first kappa shape index (κ1) is 16.3. The maximum absolute atomic E-state index is 12.7. The van der Waals surface area contributed by atoms with Gasteiger partial charge in [0.05, 0.1) is 12.2 Å². The molecule has 3 aromatic rings. The van der Waals surface area contributed by atoms with Crippen LogP contribution in [0.25, 0.3) is 17.0 Å². The van der Waals surface area contributed by atoms with Crippen molar-refractivity contribution >= 4 is 22.9 Å². The third kappa shape index (κ3) is 2.96. The van der Waals surface area contributed by atoms with Crippen LogP contribution in [0.1, 0.15) is 21.7 Å². The van der Waals surface area contributed by atoms with Gasteiger partial charge in [0.1, 0.15) is 11.6 Å². The van der Waals surface area contributed by atoms with Gasteiger partial charge in [-0.25, -0.2) is 4.68 Å². The molecule has 0 atom stereocenters. The van der Waals surface area contributed by atoms with Crippen LogP contribution in [0.5, 0.6) is 0 Å². The quantitative estimate of drug-likeness (QED) is 0.421. The SMILES string of the molecule is C#CCn1cc(/C=C(\C#N)C(=O)n2nc(C)cc2C)c2ccccc21. The fourth-order valence-electron chi connectivity index (χ4n) is 2.87. The average molecular weight is 328 g/mol. The van der Waals surface area contributed by atoms with Crippen molar-refractivity contribution in [2.45, 2.75) is 20.4 Å². The molecule has 0 saturated heterocycles. The molecule has 0 unspecified atom stereocenters. The Morgan fingerprint density at radius 3 is 2.76 bits per heavy atom. The van der Waals surface area contributed by atoms with Gasteiger partial charge in [0.25, 0.3) is 5.91 Å². The van der Waals surface area contributed by atoms with E-state index in [-0.39, 0.29) is 5.57 Å². The number of rotatable bonds is 3. The van der Waals surface area contributed by atoms with Crippen LogP contribution in [-0.2, 0) is 6.54 Å². The van der Waals surface area contributed by atoms with Crippen molar-refractivity contribution in [2.24, 2.45) is 0 Å². The standard InChI is InChI=1S/C20H16N4O/c1-4-9-23-13-17(18-7-5-6-8-19(18)23)11-16(12-21)20(25)24-15(3)10-14(2)22-24/h1,5-8,10-11,13H,9H2,2-3H3/b16-11+. The second kappa shape index (κ2) is 6.51. The Morgan fingerprint density at radius 1 is 1.36 bits per heavy atom. The first-order chi connectivity index (χ1) is 12.0. The molecule has 25 heavy (non-hydrogen) atoms. The number of fused-ring (bicyclic) bond motifs is 1. The number of hydrogen-bond acceptors (Lipinski definition) is 3. The lowest BCUT2D eigenvalue weighted by atomic mass is 10.1. The Balaban J connectivity index is 2.11. The van der Waals surface area contributed by atoms with E-state index in [1.807, 2.05) is 41.1 Å². The maximum Gasteiger partial charge on any atom is 0.289 e. The number of aromatic nitrogens is 3. The van der Waals surface area contributed by atoms with Crippen molar-refractivity contribution < 1.29 is 4.79 Å². The van der Waals surface area contributed by atoms with E-state index in [2.05, 4.69) is 11.0 Å². The Bertz CT molecular complexity index is 1080. The summed E-state index contributed by atoms with van der Waals surface area (Å²) in [4.78, 5) is 12.7. The Labute approximate surface area is 145 Å². The van der Waals surface area contributed by atoms with E-state index in [0.717, 1.165) is 22.2 Å². The highest BCUT2D eigenvalue weighted by Crippen LogP contribution is 2.24. The fraction of sp³-hybridized carbons (Fsp3) is 0.150. The van der Waals surface area contributed by atoms with Crippen molar-refractivity contribution in [3.05, 3.63) is 59.1 Å². The second-order valence-electron chi connectivity index (χ2n) is 5.75. The molecular weight excluding hydrogens is 312 g/mol. The van der Waals surface area contributed by atoms with Crippen LogP contribution >= 0.6 is 0 Å². The predicted molar refractivity (Wildman–Crippen MR) is 96.7 cm³/mol. The highest BCUT2D eigenvalue weighted by molar-refractivity contribution is 6.05. The molecule has 5 nitrogen and oxygen atoms in total. The van der Waals surface area contributed by atoms with Crippen molar-refractivity contribution in [2.75, 3.05) is 0 Å². The summed E-state index contributed by atoms with van der Waals surface area (Å²) in [6.07, 6.45) is 8.88. The zero-order valence-electron chi connectivity index (χ0n) is 14.0. The maximum atomic E-state index is 12.7. The largest absolute Gasteiger partial charge is 0.335 e. The number of aryl methyl sites for hydroxylation is 2. The third-order valence-electron chi connectivity index (χ3n) is 3.93. The summed E-state index contributed by atoms with van der Waals surface area (Å²) in [5.41, 5.74) is 3.18. The number of hydrogen-bond donors (Lipinski definition) is 0. The number of carbonyl (C=O) groups excluding carboxylic acids is 1. The number of nitriles is 1. The average Bonchev–Trinajstić information content (AvgIpc) is 3.12. The minimum Gasteiger partial charge on any atom is -0.335 e. The number of terminal acetylenes is 1. The van der Waals surface area contributed by atoms with Gasteiger partial charge < -0.3 is 4.57 Å². The van der Waals surface area contributed by atoms with Crippen molar-refractivity contribution in [1.82, 2.24) is 14.3 Å². The first-order valence-corrected chi connectivity index (χ1v) is 7.76. The summed E-state index contributed by atoms with van der Waals surface area (Å²) in [5, 5.41) is 14.6. The second-order valence-corrected chi connectivity index (χ2v) is 5.75. The highest BCUT2D eigenvalue weighted by atomic mass is 16.2. The van der Waals surface area contributed by atoms with Gasteiger partial charge in [-0.3, -0.25) is 4.79 Å². The topological polar surface area (TPSA) is 63.6 Å². The highest BCUT2D eigenvalue weighted by Gasteiger charge is 2.16. The summed E-state index contributed by atoms with van der Waals surface area (Å²) in [6.45, 7) is 4.01. The number of benzene rings is 1. The van der Waals surface area contributed by atoms with Gasteiger partial charge in [-0.05, 0) is 32.1 Å². The minimum atomic E-state index is -0.443. The lowest BCUT2D eigenvalue weighted by Gasteiger charge is -2.01. The van der Waals surface area contributed by atoms with E-state index in [1.165, 1.54) is 4.68 Å². The van der Waals surface area contributed by atoms with Crippen LogP contribution in [-0.4, -0.2) is 20.3 Å². The zero-order chi connectivity index (χ0) is 18.0. The normalized spacial score (nSPS) is 11.3. The molecule has 1 aromatic carbocycles. The van der Waals surface area contributed by atoms with Crippen molar-refractivity contribution in [1.29, 1.82) is 5.26 Å². The lowest BCUT2D eigenvalue weighted by Crippen LogP contribution is -2.15. The molecule has 3 rings (SSSR count). The van der Waals surface area contributed by atoms with Gasteiger partial charge in [0.15, 0.2) is 0 Å².